The summed E-state index contributed by atoms with van der Waals surface area (Å²) in [6, 6.07) is 0. The van der Waals surface area contributed by atoms with Crippen LogP contribution in [0.25, 0.3) is 0 Å². The first kappa shape index (κ1) is 19.4. The van der Waals surface area contributed by atoms with E-state index in [9.17, 15) is 14.4 Å². The molecule has 6 heteroatoms. The highest BCUT2D eigenvalue weighted by Crippen LogP contribution is 2.26. The van der Waals surface area contributed by atoms with Crippen LogP contribution in [-0.2, 0) is 19.1 Å². The molecule has 0 aliphatic heterocycles. The van der Waals surface area contributed by atoms with Gasteiger partial charge in [-0.2, -0.15) is 0 Å². The van der Waals surface area contributed by atoms with Gasteiger partial charge in [-0.3, -0.25) is 14.4 Å². The van der Waals surface area contributed by atoms with E-state index in [0.29, 0.717) is 13.1 Å². The molecule has 0 radical (unpaired) electrons. The molecule has 0 rings (SSSR count). The van der Waals surface area contributed by atoms with Gasteiger partial charge in [0.1, 0.15) is 0 Å². The zero-order chi connectivity index (χ0) is 16.6. The standard InChI is InChI=1S/C15H27NO5/c1-11(2)10-16(7-6-14(20)21-5)12(17)8-15(3,4)9-13(18)19/h11H,6-10H2,1-5H3,(H,18,19). The molecule has 0 atom stereocenters. The summed E-state index contributed by atoms with van der Waals surface area (Å²) in [7, 11) is 1.31. The van der Waals surface area contributed by atoms with Crippen LogP contribution in [0, 0.1) is 11.3 Å². The molecular formula is C15H27NO5. The highest BCUT2D eigenvalue weighted by molar-refractivity contribution is 5.79. The first-order valence-electron chi connectivity index (χ1n) is 7.14. The molecular weight excluding hydrogens is 274 g/mol. The van der Waals surface area contributed by atoms with Crippen LogP contribution in [0.4, 0.5) is 0 Å². The molecule has 21 heavy (non-hydrogen) atoms. The average Bonchev–Trinajstić information content (AvgIpc) is 2.30. The quantitative estimate of drug-likeness (QED) is 0.658. The monoisotopic (exact) mass is 301 g/mol. The third-order valence-electron chi connectivity index (χ3n) is 3.01. The maximum Gasteiger partial charge on any atom is 0.307 e. The number of carbonyl (C=O) groups is 3. The van der Waals surface area contributed by atoms with Gasteiger partial charge in [0.15, 0.2) is 0 Å². The smallest absolute Gasteiger partial charge is 0.307 e. The van der Waals surface area contributed by atoms with Gasteiger partial charge < -0.3 is 14.7 Å². The third-order valence-corrected chi connectivity index (χ3v) is 3.01. The Hall–Kier alpha value is -1.59. The molecule has 0 aromatic heterocycles. The van der Waals surface area contributed by atoms with Crippen molar-refractivity contribution in [3.8, 4) is 0 Å². The van der Waals surface area contributed by atoms with Gasteiger partial charge in [-0.05, 0) is 11.3 Å². The number of aliphatic carboxylic acids is 1. The highest BCUT2D eigenvalue weighted by atomic mass is 16.5. The zero-order valence-electron chi connectivity index (χ0n) is 13.6. The van der Waals surface area contributed by atoms with E-state index < -0.39 is 11.4 Å². The summed E-state index contributed by atoms with van der Waals surface area (Å²) in [5, 5.41) is 8.87. The molecule has 0 aromatic rings. The lowest BCUT2D eigenvalue weighted by atomic mass is 9.85. The summed E-state index contributed by atoms with van der Waals surface area (Å²) in [6.07, 6.45) is 0.229. The van der Waals surface area contributed by atoms with E-state index in [2.05, 4.69) is 4.74 Å². The van der Waals surface area contributed by atoms with E-state index in [1.165, 1.54) is 7.11 Å². The second-order valence-electron chi connectivity index (χ2n) is 6.47. The van der Waals surface area contributed by atoms with Crippen molar-refractivity contribution in [3.05, 3.63) is 0 Å². The molecule has 0 saturated heterocycles. The first-order valence-corrected chi connectivity index (χ1v) is 7.14. The number of methoxy groups -OCH3 is 1. The minimum absolute atomic E-state index is 0.0642. The summed E-state index contributed by atoms with van der Waals surface area (Å²) in [5.74, 6) is -1.13. The molecule has 0 saturated carbocycles. The zero-order valence-corrected chi connectivity index (χ0v) is 13.6. The van der Waals surface area contributed by atoms with Gasteiger partial charge in [0, 0.05) is 19.5 Å². The lowest BCUT2D eigenvalue weighted by Gasteiger charge is -2.29. The number of esters is 1. The predicted molar refractivity (Wildman–Crippen MR) is 78.7 cm³/mol. The van der Waals surface area contributed by atoms with Crippen molar-refractivity contribution < 1.29 is 24.2 Å². The molecule has 0 aliphatic carbocycles. The fourth-order valence-corrected chi connectivity index (χ4v) is 2.08. The number of carboxylic acids is 1. The summed E-state index contributed by atoms with van der Waals surface area (Å²) in [5.41, 5.74) is -0.608. The van der Waals surface area contributed by atoms with Gasteiger partial charge in [-0.1, -0.05) is 27.7 Å². The molecule has 6 nitrogen and oxygen atoms in total. The van der Waals surface area contributed by atoms with Gasteiger partial charge in [0.05, 0.1) is 20.0 Å². The van der Waals surface area contributed by atoms with Crippen molar-refractivity contribution in [1.82, 2.24) is 4.90 Å². The van der Waals surface area contributed by atoms with E-state index in [-0.39, 0.29) is 37.1 Å². The summed E-state index contributed by atoms with van der Waals surface area (Å²) < 4.78 is 4.58. The Morgan fingerprint density at radius 1 is 1.19 bits per heavy atom. The number of ether oxygens (including phenoxy) is 1. The number of carbonyl (C=O) groups excluding carboxylic acids is 2. The lowest BCUT2D eigenvalue weighted by molar-refractivity contribution is -0.142. The molecule has 0 aliphatic rings. The Kier molecular flexibility index (Phi) is 7.99. The van der Waals surface area contributed by atoms with Crippen molar-refractivity contribution in [1.29, 1.82) is 0 Å². The Morgan fingerprint density at radius 2 is 1.76 bits per heavy atom. The van der Waals surface area contributed by atoms with Crippen LogP contribution >= 0.6 is 0 Å². The number of carboxylic acid groups (broad SMARTS) is 1. The second-order valence-corrected chi connectivity index (χ2v) is 6.47. The Balaban J connectivity index is 4.70. The molecule has 0 unspecified atom stereocenters. The maximum absolute atomic E-state index is 12.4. The SMILES string of the molecule is COC(=O)CCN(CC(C)C)C(=O)CC(C)(C)CC(=O)O. The van der Waals surface area contributed by atoms with Crippen molar-refractivity contribution >= 4 is 17.8 Å². The van der Waals surface area contributed by atoms with Gasteiger partial charge >= 0.3 is 11.9 Å². The van der Waals surface area contributed by atoms with Crippen molar-refractivity contribution in [2.24, 2.45) is 11.3 Å². The van der Waals surface area contributed by atoms with Crippen LogP contribution in [0.2, 0.25) is 0 Å². The molecule has 0 heterocycles. The highest BCUT2D eigenvalue weighted by Gasteiger charge is 2.28. The molecule has 0 spiro atoms. The normalized spacial score (nSPS) is 11.3. The number of hydrogen-bond donors (Lipinski definition) is 1. The van der Waals surface area contributed by atoms with Crippen LogP contribution in [0.3, 0.4) is 0 Å². The number of hydrogen-bond acceptors (Lipinski definition) is 4. The lowest BCUT2D eigenvalue weighted by Crippen LogP contribution is -2.38. The largest absolute Gasteiger partial charge is 0.481 e. The fourth-order valence-electron chi connectivity index (χ4n) is 2.08. The Bertz CT molecular complexity index is 376. The van der Waals surface area contributed by atoms with E-state index in [4.69, 9.17) is 5.11 Å². The fraction of sp³-hybridized carbons (Fsp3) is 0.800. The summed E-state index contributed by atoms with van der Waals surface area (Å²) in [4.78, 5) is 36.0. The summed E-state index contributed by atoms with van der Waals surface area (Å²) in [6.45, 7) is 8.33. The van der Waals surface area contributed by atoms with Crippen LogP contribution in [0.1, 0.15) is 47.0 Å². The molecule has 0 fully saturated rings. The molecule has 1 amide bonds. The van der Waals surface area contributed by atoms with E-state index in [0.717, 1.165) is 0 Å². The minimum Gasteiger partial charge on any atom is -0.481 e. The molecule has 122 valence electrons. The van der Waals surface area contributed by atoms with Crippen LogP contribution in [0.15, 0.2) is 0 Å². The summed E-state index contributed by atoms with van der Waals surface area (Å²) >= 11 is 0. The Morgan fingerprint density at radius 3 is 2.19 bits per heavy atom. The predicted octanol–water partition coefficient (Wildman–Crippen LogP) is 1.93. The maximum atomic E-state index is 12.4. The van der Waals surface area contributed by atoms with Crippen molar-refractivity contribution in [2.75, 3.05) is 20.2 Å². The van der Waals surface area contributed by atoms with E-state index in [1.807, 2.05) is 13.8 Å². The van der Waals surface area contributed by atoms with E-state index >= 15 is 0 Å². The minimum atomic E-state index is -0.919. The number of amides is 1. The van der Waals surface area contributed by atoms with Crippen LogP contribution in [-0.4, -0.2) is 48.1 Å². The molecule has 0 bridgehead atoms. The number of rotatable bonds is 9. The van der Waals surface area contributed by atoms with Gasteiger partial charge in [-0.25, -0.2) is 0 Å². The van der Waals surface area contributed by atoms with Gasteiger partial charge in [0.2, 0.25) is 5.91 Å². The van der Waals surface area contributed by atoms with E-state index in [1.54, 1.807) is 18.7 Å². The average molecular weight is 301 g/mol. The van der Waals surface area contributed by atoms with Crippen molar-refractivity contribution in [3.63, 3.8) is 0 Å². The second kappa shape index (κ2) is 8.64. The topological polar surface area (TPSA) is 83.9 Å². The Labute approximate surface area is 126 Å². The van der Waals surface area contributed by atoms with Crippen LogP contribution < -0.4 is 0 Å². The van der Waals surface area contributed by atoms with Crippen molar-refractivity contribution in [2.45, 2.75) is 47.0 Å². The van der Waals surface area contributed by atoms with Gasteiger partial charge in [0.25, 0.3) is 0 Å². The third kappa shape index (κ3) is 9.05. The molecule has 1 N–H and O–H groups in total. The van der Waals surface area contributed by atoms with Crippen LogP contribution in [0.5, 0.6) is 0 Å². The number of nitrogens with zero attached hydrogens (tertiary/aromatic N) is 1. The first-order chi connectivity index (χ1) is 9.57. The van der Waals surface area contributed by atoms with Gasteiger partial charge in [-0.15, -0.1) is 0 Å². The molecule has 0 aromatic carbocycles.